The SMILES string of the molecule is COc1cc(C(=O)N(C)c2cccc(O)c2)ccc1C. The van der Waals surface area contributed by atoms with Crippen LogP contribution in [0.25, 0.3) is 0 Å². The molecule has 1 amide bonds. The highest BCUT2D eigenvalue weighted by Gasteiger charge is 2.15. The molecule has 0 saturated heterocycles. The zero-order valence-electron chi connectivity index (χ0n) is 11.8. The third kappa shape index (κ3) is 2.74. The summed E-state index contributed by atoms with van der Waals surface area (Å²) < 4.78 is 5.23. The van der Waals surface area contributed by atoms with Gasteiger partial charge in [-0.1, -0.05) is 12.1 Å². The molecule has 2 aromatic carbocycles. The quantitative estimate of drug-likeness (QED) is 0.933. The van der Waals surface area contributed by atoms with Crippen LogP contribution in [0.4, 0.5) is 5.69 Å². The molecule has 0 fully saturated rings. The summed E-state index contributed by atoms with van der Waals surface area (Å²) in [6.45, 7) is 1.92. The van der Waals surface area contributed by atoms with Crippen LogP contribution in [0.1, 0.15) is 15.9 Å². The number of carbonyl (C=O) groups is 1. The van der Waals surface area contributed by atoms with Crippen molar-refractivity contribution in [1.29, 1.82) is 0 Å². The Labute approximate surface area is 118 Å². The highest BCUT2D eigenvalue weighted by atomic mass is 16.5. The summed E-state index contributed by atoms with van der Waals surface area (Å²) in [6, 6.07) is 11.9. The summed E-state index contributed by atoms with van der Waals surface area (Å²) in [6.07, 6.45) is 0. The minimum atomic E-state index is -0.158. The predicted molar refractivity (Wildman–Crippen MR) is 78.6 cm³/mol. The van der Waals surface area contributed by atoms with Crippen molar-refractivity contribution in [3.63, 3.8) is 0 Å². The zero-order chi connectivity index (χ0) is 14.7. The standard InChI is InChI=1S/C16H17NO3/c1-11-7-8-12(9-15(11)20-3)16(19)17(2)13-5-4-6-14(18)10-13/h4-10,18H,1-3H3. The second-order valence-electron chi connectivity index (χ2n) is 4.57. The third-order valence-electron chi connectivity index (χ3n) is 3.18. The Kier molecular flexibility index (Phi) is 3.94. The number of nitrogens with zero attached hydrogens (tertiary/aromatic N) is 1. The van der Waals surface area contributed by atoms with E-state index in [0.29, 0.717) is 17.0 Å². The van der Waals surface area contributed by atoms with Gasteiger partial charge in [-0.05, 0) is 36.8 Å². The van der Waals surface area contributed by atoms with E-state index in [9.17, 15) is 9.90 Å². The molecule has 0 spiro atoms. The molecule has 2 rings (SSSR count). The van der Waals surface area contributed by atoms with Crippen LogP contribution < -0.4 is 9.64 Å². The normalized spacial score (nSPS) is 10.2. The number of phenols is 1. The number of aryl methyl sites for hydroxylation is 1. The summed E-state index contributed by atoms with van der Waals surface area (Å²) >= 11 is 0. The maximum atomic E-state index is 12.4. The topological polar surface area (TPSA) is 49.8 Å². The van der Waals surface area contributed by atoms with Gasteiger partial charge in [0.25, 0.3) is 5.91 Å². The molecule has 0 heterocycles. The Balaban J connectivity index is 2.31. The molecule has 0 aliphatic carbocycles. The number of methoxy groups -OCH3 is 1. The average molecular weight is 271 g/mol. The number of benzene rings is 2. The van der Waals surface area contributed by atoms with Crippen molar-refractivity contribution in [3.05, 3.63) is 53.6 Å². The molecule has 0 aliphatic rings. The first-order valence-corrected chi connectivity index (χ1v) is 6.24. The van der Waals surface area contributed by atoms with E-state index in [1.54, 1.807) is 50.6 Å². The molecule has 0 bridgehead atoms. The average Bonchev–Trinajstić information content (AvgIpc) is 2.46. The molecule has 4 heteroatoms. The molecule has 0 aliphatic heterocycles. The van der Waals surface area contributed by atoms with Crippen molar-refractivity contribution in [1.82, 2.24) is 0 Å². The van der Waals surface area contributed by atoms with Gasteiger partial charge in [0.15, 0.2) is 0 Å². The summed E-state index contributed by atoms with van der Waals surface area (Å²) in [5.74, 6) is 0.651. The number of hydrogen-bond acceptors (Lipinski definition) is 3. The van der Waals surface area contributed by atoms with E-state index in [4.69, 9.17) is 4.74 Å². The van der Waals surface area contributed by atoms with Crippen molar-refractivity contribution in [2.24, 2.45) is 0 Å². The molecule has 0 radical (unpaired) electrons. The number of phenolic OH excluding ortho intramolecular Hbond substituents is 1. The van der Waals surface area contributed by atoms with E-state index in [2.05, 4.69) is 0 Å². The first kappa shape index (κ1) is 13.9. The van der Waals surface area contributed by atoms with E-state index >= 15 is 0 Å². The van der Waals surface area contributed by atoms with Crippen LogP contribution in [-0.2, 0) is 0 Å². The van der Waals surface area contributed by atoms with Gasteiger partial charge >= 0.3 is 0 Å². The van der Waals surface area contributed by atoms with Crippen molar-refractivity contribution in [3.8, 4) is 11.5 Å². The van der Waals surface area contributed by atoms with Gasteiger partial charge in [0.05, 0.1) is 7.11 Å². The number of rotatable bonds is 3. The van der Waals surface area contributed by atoms with Gasteiger partial charge in [0, 0.05) is 24.4 Å². The molecule has 0 aromatic heterocycles. The van der Waals surface area contributed by atoms with Crippen LogP contribution in [0.15, 0.2) is 42.5 Å². The lowest BCUT2D eigenvalue weighted by Gasteiger charge is -2.18. The van der Waals surface area contributed by atoms with Crippen molar-refractivity contribution in [2.75, 3.05) is 19.1 Å². The third-order valence-corrected chi connectivity index (χ3v) is 3.18. The molecule has 2 aromatic rings. The van der Waals surface area contributed by atoms with Crippen LogP contribution in [-0.4, -0.2) is 25.2 Å². The maximum Gasteiger partial charge on any atom is 0.258 e. The number of carbonyl (C=O) groups excluding carboxylic acids is 1. The Bertz CT molecular complexity index is 637. The van der Waals surface area contributed by atoms with Gasteiger partial charge in [-0.2, -0.15) is 0 Å². The van der Waals surface area contributed by atoms with Crippen molar-refractivity contribution in [2.45, 2.75) is 6.92 Å². The minimum Gasteiger partial charge on any atom is -0.508 e. The lowest BCUT2D eigenvalue weighted by atomic mass is 10.1. The fourth-order valence-electron chi connectivity index (χ4n) is 1.97. The van der Waals surface area contributed by atoms with E-state index in [0.717, 1.165) is 5.56 Å². The van der Waals surface area contributed by atoms with Crippen LogP contribution in [0.2, 0.25) is 0 Å². The molecule has 0 saturated carbocycles. The highest BCUT2D eigenvalue weighted by molar-refractivity contribution is 6.06. The molecule has 104 valence electrons. The molecule has 20 heavy (non-hydrogen) atoms. The van der Waals surface area contributed by atoms with Crippen LogP contribution in [0.5, 0.6) is 11.5 Å². The summed E-state index contributed by atoms with van der Waals surface area (Å²) in [4.78, 5) is 13.9. The molecular formula is C16H17NO3. The van der Waals surface area contributed by atoms with Crippen molar-refractivity contribution >= 4 is 11.6 Å². The van der Waals surface area contributed by atoms with Crippen LogP contribution >= 0.6 is 0 Å². The number of ether oxygens (including phenoxy) is 1. The van der Waals surface area contributed by atoms with E-state index in [-0.39, 0.29) is 11.7 Å². The van der Waals surface area contributed by atoms with Crippen LogP contribution in [0, 0.1) is 6.92 Å². The van der Waals surface area contributed by atoms with Crippen LogP contribution in [0.3, 0.4) is 0 Å². The summed E-state index contributed by atoms with van der Waals surface area (Å²) in [7, 11) is 3.25. The van der Waals surface area contributed by atoms with Gasteiger partial charge in [-0.15, -0.1) is 0 Å². The fourth-order valence-corrected chi connectivity index (χ4v) is 1.97. The van der Waals surface area contributed by atoms with Gasteiger partial charge in [-0.3, -0.25) is 4.79 Å². The Morgan fingerprint density at radius 1 is 1.20 bits per heavy atom. The van der Waals surface area contributed by atoms with E-state index < -0.39 is 0 Å². The fraction of sp³-hybridized carbons (Fsp3) is 0.188. The smallest absolute Gasteiger partial charge is 0.258 e. The Morgan fingerprint density at radius 2 is 1.95 bits per heavy atom. The zero-order valence-corrected chi connectivity index (χ0v) is 11.8. The number of aromatic hydroxyl groups is 1. The summed E-state index contributed by atoms with van der Waals surface area (Å²) in [5.41, 5.74) is 2.15. The predicted octanol–water partition coefficient (Wildman–Crippen LogP) is 2.99. The number of anilines is 1. The Morgan fingerprint density at radius 3 is 2.60 bits per heavy atom. The summed E-state index contributed by atoms with van der Waals surface area (Å²) in [5, 5.41) is 9.47. The number of amides is 1. The van der Waals surface area contributed by atoms with Crippen molar-refractivity contribution < 1.29 is 14.6 Å². The van der Waals surface area contributed by atoms with Gasteiger partial charge in [0.1, 0.15) is 11.5 Å². The molecule has 0 unspecified atom stereocenters. The van der Waals surface area contributed by atoms with Gasteiger partial charge < -0.3 is 14.7 Å². The molecular weight excluding hydrogens is 254 g/mol. The van der Waals surface area contributed by atoms with Gasteiger partial charge in [-0.25, -0.2) is 0 Å². The lowest BCUT2D eigenvalue weighted by Crippen LogP contribution is -2.26. The number of hydrogen-bond donors (Lipinski definition) is 1. The first-order chi connectivity index (χ1) is 9.52. The largest absolute Gasteiger partial charge is 0.508 e. The second-order valence-corrected chi connectivity index (χ2v) is 4.57. The molecule has 4 nitrogen and oxygen atoms in total. The monoisotopic (exact) mass is 271 g/mol. The lowest BCUT2D eigenvalue weighted by molar-refractivity contribution is 0.0992. The van der Waals surface area contributed by atoms with E-state index in [1.165, 1.54) is 4.90 Å². The minimum absolute atomic E-state index is 0.128. The van der Waals surface area contributed by atoms with E-state index in [1.807, 2.05) is 13.0 Å². The molecule has 0 atom stereocenters. The first-order valence-electron chi connectivity index (χ1n) is 6.24. The maximum absolute atomic E-state index is 12.4. The Hall–Kier alpha value is -2.49. The van der Waals surface area contributed by atoms with Gasteiger partial charge in [0.2, 0.25) is 0 Å². The highest BCUT2D eigenvalue weighted by Crippen LogP contribution is 2.23. The molecule has 1 N–H and O–H groups in total. The second kappa shape index (κ2) is 5.65.